The number of benzene rings is 2. The molecule has 1 N–H and O–H groups in total. The lowest BCUT2D eigenvalue weighted by atomic mass is 10.1. The number of ether oxygens (including phenoxy) is 1. The molecule has 2 aromatic carbocycles. The topological polar surface area (TPSA) is 27.7 Å². The SMILES string of the molecule is Cc1ccc(NC(=S)N(Cc2ccc(N(C)C)cc2)C[C@H]2CCCO2)cc1F. The summed E-state index contributed by atoms with van der Waals surface area (Å²) in [4.78, 5) is 4.18. The Morgan fingerprint density at radius 3 is 2.57 bits per heavy atom. The van der Waals surface area contributed by atoms with Crippen LogP contribution in [0.3, 0.4) is 0 Å². The highest BCUT2D eigenvalue weighted by Gasteiger charge is 2.21. The van der Waals surface area contributed by atoms with Crippen LogP contribution < -0.4 is 10.2 Å². The largest absolute Gasteiger partial charge is 0.378 e. The van der Waals surface area contributed by atoms with Crippen molar-refractivity contribution in [1.82, 2.24) is 4.90 Å². The van der Waals surface area contributed by atoms with E-state index >= 15 is 0 Å². The molecule has 0 aromatic heterocycles. The fourth-order valence-corrected chi connectivity index (χ4v) is 3.50. The normalized spacial score (nSPS) is 16.1. The predicted octanol–water partition coefficient (Wildman–Crippen LogP) is 4.58. The molecule has 2 aromatic rings. The Morgan fingerprint density at radius 1 is 1.21 bits per heavy atom. The molecule has 4 nitrogen and oxygen atoms in total. The Labute approximate surface area is 172 Å². The molecule has 0 spiro atoms. The molecule has 0 radical (unpaired) electrons. The van der Waals surface area contributed by atoms with E-state index in [2.05, 4.69) is 39.4 Å². The summed E-state index contributed by atoms with van der Waals surface area (Å²) in [6.45, 7) is 3.95. The first kappa shape index (κ1) is 20.6. The Bertz CT molecular complexity index is 804. The third-order valence-corrected chi connectivity index (χ3v) is 5.34. The van der Waals surface area contributed by atoms with Gasteiger partial charge in [-0.3, -0.25) is 0 Å². The molecular weight excluding hydrogens is 373 g/mol. The van der Waals surface area contributed by atoms with E-state index in [1.54, 1.807) is 13.0 Å². The van der Waals surface area contributed by atoms with Crippen molar-refractivity contribution in [3.63, 3.8) is 0 Å². The molecule has 1 heterocycles. The second-order valence-corrected chi connectivity index (χ2v) is 7.86. The van der Waals surface area contributed by atoms with E-state index in [1.165, 1.54) is 11.6 Å². The molecule has 0 aliphatic carbocycles. The average Bonchev–Trinajstić information content (AvgIpc) is 3.18. The van der Waals surface area contributed by atoms with Crippen LogP contribution in [0.25, 0.3) is 0 Å². The van der Waals surface area contributed by atoms with Gasteiger partial charge in [-0.2, -0.15) is 0 Å². The number of rotatable bonds is 6. The molecular formula is C22H28FN3OS. The first-order valence-corrected chi connectivity index (χ1v) is 10.0. The van der Waals surface area contributed by atoms with Gasteiger partial charge >= 0.3 is 0 Å². The number of hydrogen-bond donors (Lipinski definition) is 1. The molecule has 1 atom stereocenters. The second kappa shape index (κ2) is 9.34. The Balaban J connectivity index is 1.73. The Kier molecular flexibility index (Phi) is 6.86. The summed E-state index contributed by atoms with van der Waals surface area (Å²) in [5, 5.41) is 3.77. The standard InChI is InChI=1S/C22H28FN3OS/c1-16-6-9-18(13-21(16)23)24-22(28)26(15-20-5-4-12-27-20)14-17-7-10-19(11-8-17)25(2)3/h6-11,13,20H,4-5,12,14-15H2,1-3H3,(H,24,28)/t20-/m1/s1. The van der Waals surface area contributed by atoms with Gasteiger partial charge in [0, 0.05) is 45.2 Å². The molecule has 0 unspecified atom stereocenters. The molecule has 1 aliphatic heterocycles. The minimum absolute atomic E-state index is 0.176. The molecule has 1 aliphatic rings. The third-order valence-electron chi connectivity index (χ3n) is 4.98. The van der Waals surface area contributed by atoms with Crippen molar-refractivity contribution in [3.8, 4) is 0 Å². The van der Waals surface area contributed by atoms with E-state index in [1.807, 2.05) is 20.2 Å². The van der Waals surface area contributed by atoms with Crippen LogP contribution >= 0.6 is 12.2 Å². The number of halogens is 1. The van der Waals surface area contributed by atoms with Gasteiger partial charge in [-0.05, 0) is 67.4 Å². The Morgan fingerprint density at radius 2 is 1.96 bits per heavy atom. The zero-order chi connectivity index (χ0) is 20.1. The van der Waals surface area contributed by atoms with Gasteiger partial charge in [0.05, 0.1) is 6.10 Å². The van der Waals surface area contributed by atoms with Crippen molar-refractivity contribution in [2.45, 2.75) is 32.4 Å². The van der Waals surface area contributed by atoms with Crippen LogP contribution in [-0.4, -0.2) is 43.4 Å². The molecule has 1 saturated heterocycles. The van der Waals surface area contributed by atoms with E-state index in [0.29, 0.717) is 22.9 Å². The van der Waals surface area contributed by atoms with E-state index in [-0.39, 0.29) is 11.9 Å². The number of aryl methyl sites for hydroxylation is 1. The predicted molar refractivity (Wildman–Crippen MR) is 118 cm³/mol. The van der Waals surface area contributed by atoms with Gasteiger partial charge < -0.3 is 19.9 Å². The van der Waals surface area contributed by atoms with Gasteiger partial charge in [0.1, 0.15) is 5.82 Å². The first-order valence-electron chi connectivity index (χ1n) is 9.62. The first-order chi connectivity index (χ1) is 13.4. The molecule has 1 fully saturated rings. The summed E-state index contributed by atoms with van der Waals surface area (Å²) in [5.41, 5.74) is 3.61. The molecule has 150 valence electrons. The van der Waals surface area contributed by atoms with E-state index in [0.717, 1.165) is 31.7 Å². The highest BCUT2D eigenvalue weighted by Crippen LogP contribution is 2.19. The number of nitrogens with one attached hydrogen (secondary N) is 1. The van der Waals surface area contributed by atoms with Crippen molar-refractivity contribution >= 4 is 28.7 Å². The summed E-state index contributed by atoms with van der Waals surface area (Å²) in [5.74, 6) is -0.238. The maximum Gasteiger partial charge on any atom is 0.173 e. The lowest BCUT2D eigenvalue weighted by Crippen LogP contribution is -2.39. The van der Waals surface area contributed by atoms with Crippen LogP contribution in [0.5, 0.6) is 0 Å². The lowest BCUT2D eigenvalue weighted by Gasteiger charge is -2.28. The van der Waals surface area contributed by atoms with Gasteiger partial charge in [0.2, 0.25) is 0 Å². The van der Waals surface area contributed by atoms with Crippen molar-refractivity contribution in [2.24, 2.45) is 0 Å². The van der Waals surface area contributed by atoms with Gasteiger partial charge in [-0.1, -0.05) is 18.2 Å². The summed E-state index contributed by atoms with van der Waals surface area (Å²) in [6.07, 6.45) is 2.30. The fraction of sp³-hybridized carbons (Fsp3) is 0.409. The van der Waals surface area contributed by atoms with Gasteiger partial charge in [-0.25, -0.2) is 4.39 Å². The zero-order valence-corrected chi connectivity index (χ0v) is 17.6. The van der Waals surface area contributed by atoms with Crippen molar-refractivity contribution < 1.29 is 9.13 Å². The molecule has 0 saturated carbocycles. The van der Waals surface area contributed by atoms with Crippen LogP contribution in [-0.2, 0) is 11.3 Å². The zero-order valence-electron chi connectivity index (χ0n) is 16.7. The molecule has 28 heavy (non-hydrogen) atoms. The number of nitrogens with zero attached hydrogens (tertiary/aromatic N) is 2. The van der Waals surface area contributed by atoms with Crippen LogP contribution in [0, 0.1) is 12.7 Å². The van der Waals surface area contributed by atoms with Crippen molar-refractivity contribution in [3.05, 3.63) is 59.4 Å². The molecule has 0 amide bonds. The van der Waals surface area contributed by atoms with Crippen LogP contribution in [0.1, 0.15) is 24.0 Å². The van der Waals surface area contributed by atoms with Gasteiger partial charge in [0.25, 0.3) is 0 Å². The van der Waals surface area contributed by atoms with Crippen molar-refractivity contribution in [2.75, 3.05) is 37.5 Å². The van der Waals surface area contributed by atoms with Crippen LogP contribution in [0.2, 0.25) is 0 Å². The number of thiocarbonyl (C=S) groups is 1. The lowest BCUT2D eigenvalue weighted by molar-refractivity contribution is 0.0905. The monoisotopic (exact) mass is 401 g/mol. The Hall–Kier alpha value is -2.18. The van der Waals surface area contributed by atoms with Crippen LogP contribution in [0.15, 0.2) is 42.5 Å². The highest BCUT2D eigenvalue weighted by molar-refractivity contribution is 7.80. The quantitative estimate of drug-likeness (QED) is 0.716. The highest BCUT2D eigenvalue weighted by atomic mass is 32.1. The summed E-state index contributed by atoms with van der Waals surface area (Å²) in [6, 6.07) is 13.5. The smallest absolute Gasteiger partial charge is 0.173 e. The summed E-state index contributed by atoms with van der Waals surface area (Å²) in [7, 11) is 4.05. The second-order valence-electron chi connectivity index (χ2n) is 7.47. The minimum Gasteiger partial charge on any atom is -0.378 e. The maximum absolute atomic E-state index is 13.9. The molecule has 6 heteroatoms. The minimum atomic E-state index is -0.238. The average molecular weight is 402 g/mol. The number of anilines is 2. The van der Waals surface area contributed by atoms with Gasteiger partial charge in [-0.15, -0.1) is 0 Å². The van der Waals surface area contributed by atoms with Gasteiger partial charge in [0.15, 0.2) is 5.11 Å². The summed E-state index contributed by atoms with van der Waals surface area (Å²) >= 11 is 5.66. The molecule has 0 bridgehead atoms. The third kappa shape index (κ3) is 5.42. The summed E-state index contributed by atoms with van der Waals surface area (Å²) < 4.78 is 19.7. The van der Waals surface area contributed by atoms with E-state index in [9.17, 15) is 4.39 Å². The molecule has 3 rings (SSSR count). The van der Waals surface area contributed by atoms with Crippen LogP contribution in [0.4, 0.5) is 15.8 Å². The van der Waals surface area contributed by atoms with E-state index in [4.69, 9.17) is 17.0 Å². The van der Waals surface area contributed by atoms with E-state index < -0.39 is 0 Å². The maximum atomic E-state index is 13.9. The number of hydrogen-bond acceptors (Lipinski definition) is 3. The van der Waals surface area contributed by atoms with Crippen molar-refractivity contribution in [1.29, 1.82) is 0 Å². The fourth-order valence-electron chi connectivity index (χ4n) is 3.25.